The van der Waals surface area contributed by atoms with Crippen LogP contribution in [0.25, 0.3) is 21.5 Å². The molecule has 0 bridgehead atoms. The zero-order valence-corrected chi connectivity index (χ0v) is 36.5. The Morgan fingerprint density at radius 2 is 0.855 bits per heavy atom. The number of benzene rings is 4. The van der Waals surface area contributed by atoms with Gasteiger partial charge in [0.1, 0.15) is 11.1 Å². The molecule has 4 aromatic rings. The largest absolute Gasteiger partial charge is 0.419 e. The quantitative estimate of drug-likeness (QED) is 0.0966. The fraction of sp³-hybridized carbons (Fsp3) is 0.385. The third-order valence-electron chi connectivity index (χ3n) is 13.6. The van der Waals surface area contributed by atoms with Crippen LogP contribution in [0.3, 0.4) is 0 Å². The molecule has 1 saturated carbocycles. The predicted molar refractivity (Wildman–Crippen MR) is 239 cm³/mol. The monoisotopic (exact) mass is 834 g/mol. The lowest BCUT2D eigenvalue weighted by Crippen LogP contribution is -2.56. The lowest BCUT2D eigenvalue weighted by molar-refractivity contribution is -0.291. The van der Waals surface area contributed by atoms with Crippen molar-refractivity contribution in [1.82, 2.24) is 0 Å². The summed E-state index contributed by atoms with van der Waals surface area (Å²) in [6.45, 7) is 14.5. The Balaban J connectivity index is 0.909. The number of fused-ring (bicyclic) bond motifs is 6. The van der Waals surface area contributed by atoms with Gasteiger partial charge < -0.3 is 28.7 Å². The number of hydrogen-bond acceptors (Lipinski definition) is 10. The van der Waals surface area contributed by atoms with Gasteiger partial charge in [-0.1, -0.05) is 115 Å². The summed E-state index contributed by atoms with van der Waals surface area (Å²) in [5.74, 6) is -6.31. The highest BCUT2D eigenvalue weighted by Crippen LogP contribution is 2.53. The van der Waals surface area contributed by atoms with Gasteiger partial charge in [0.05, 0.1) is 0 Å². The van der Waals surface area contributed by atoms with Gasteiger partial charge in [0.2, 0.25) is 0 Å². The van der Waals surface area contributed by atoms with Crippen molar-refractivity contribution in [2.45, 2.75) is 115 Å². The molecule has 10 heteroatoms. The molecule has 62 heavy (non-hydrogen) atoms. The highest BCUT2D eigenvalue weighted by atomic mass is 16.8. The number of carbonyl (C=O) groups excluding carboxylic acids is 4. The van der Waals surface area contributed by atoms with Gasteiger partial charge in [0.15, 0.2) is 0 Å². The third-order valence-corrected chi connectivity index (χ3v) is 13.6. The van der Waals surface area contributed by atoms with E-state index in [0.717, 1.165) is 72.3 Å². The first-order valence-corrected chi connectivity index (χ1v) is 22.1. The minimum Gasteiger partial charge on any atom is -0.419 e. The highest BCUT2D eigenvalue weighted by molar-refractivity contribution is 6.16. The lowest BCUT2D eigenvalue weighted by Gasteiger charge is -2.46. The molecule has 1 aliphatic carbocycles. The molecule has 4 aromatic carbocycles. The number of esters is 4. The van der Waals surface area contributed by atoms with E-state index in [4.69, 9.17) is 18.9 Å². The van der Waals surface area contributed by atoms with Crippen LogP contribution >= 0.6 is 0 Å². The Morgan fingerprint density at radius 3 is 1.21 bits per heavy atom. The van der Waals surface area contributed by atoms with E-state index in [1.165, 1.54) is 34.1 Å². The molecule has 10 nitrogen and oxygen atoms in total. The van der Waals surface area contributed by atoms with E-state index >= 15 is 0 Å². The van der Waals surface area contributed by atoms with Crippen molar-refractivity contribution in [1.29, 1.82) is 0 Å². The van der Waals surface area contributed by atoms with Gasteiger partial charge in [0.25, 0.3) is 11.6 Å². The normalized spacial score (nSPS) is 25.1. The van der Waals surface area contributed by atoms with Gasteiger partial charge in [-0.25, -0.2) is 19.2 Å². The first-order chi connectivity index (χ1) is 29.7. The van der Waals surface area contributed by atoms with Crippen LogP contribution in [0.1, 0.15) is 104 Å². The Bertz CT molecular complexity index is 2450. The van der Waals surface area contributed by atoms with E-state index in [0.29, 0.717) is 0 Å². The van der Waals surface area contributed by atoms with E-state index in [2.05, 4.69) is 99.9 Å². The third kappa shape index (κ3) is 6.70. The average Bonchev–Trinajstić information content (AvgIpc) is 3.60. The number of hydrogen-bond donors (Lipinski definition) is 0. The van der Waals surface area contributed by atoms with Gasteiger partial charge in [0, 0.05) is 72.4 Å². The first kappa shape index (κ1) is 41.2. The summed E-state index contributed by atoms with van der Waals surface area (Å²) in [6.07, 6.45) is 10.6. The van der Waals surface area contributed by atoms with E-state index in [9.17, 15) is 19.2 Å². The molecular formula is C52H54N2O8. The van der Waals surface area contributed by atoms with Crippen LogP contribution in [-0.4, -0.2) is 48.5 Å². The Kier molecular flexibility index (Phi) is 10.2. The van der Waals surface area contributed by atoms with Crippen molar-refractivity contribution in [3.63, 3.8) is 0 Å². The van der Waals surface area contributed by atoms with Crippen LogP contribution in [0.15, 0.2) is 120 Å². The molecular weight excluding hydrogens is 781 g/mol. The van der Waals surface area contributed by atoms with Crippen molar-refractivity contribution >= 4 is 56.8 Å². The highest BCUT2D eigenvalue weighted by Gasteiger charge is 2.57. The number of anilines is 2. The van der Waals surface area contributed by atoms with Gasteiger partial charge >= 0.3 is 23.9 Å². The Labute approximate surface area is 362 Å². The molecule has 0 atom stereocenters. The zero-order valence-electron chi connectivity index (χ0n) is 36.5. The van der Waals surface area contributed by atoms with Crippen LogP contribution in [0.4, 0.5) is 11.4 Å². The molecule has 4 heterocycles. The summed E-state index contributed by atoms with van der Waals surface area (Å²) in [5.41, 5.74) is 5.32. The lowest BCUT2D eigenvalue weighted by atomic mass is 9.81. The molecule has 3 fully saturated rings. The van der Waals surface area contributed by atoms with Crippen LogP contribution in [0, 0.1) is 0 Å². The summed E-state index contributed by atoms with van der Waals surface area (Å²) < 4.78 is 23.6. The molecule has 2 saturated heterocycles. The summed E-state index contributed by atoms with van der Waals surface area (Å²) in [6, 6.07) is 25.2. The molecule has 9 rings (SSSR count). The van der Waals surface area contributed by atoms with E-state index in [-0.39, 0.29) is 36.8 Å². The number of nitrogens with zero attached hydrogens (tertiary/aromatic N) is 2. The standard InChI is InChI=1S/C52H54N2O8/c1-7-9-31-53-39-23-19-33-15-11-13-17-35(33)43(39)49(3,4)41(53)25-21-37-45(55)59-51(60-46(37)56)27-29-52(30-28-51)61-47(57)38(48(58)62-52)22-26-42-50(5,6)44-36-18-14-12-16-34(36)20-24-40(44)54(42)32-10-8-2/h11-26H,7-10,27-32H2,1-6H3/b37-21?,38-22?,41-25+,42-26+. The summed E-state index contributed by atoms with van der Waals surface area (Å²) in [5, 5.41) is 4.64. The second-order valence-corrected chi connectivity index (χ2v) is 18.3. The van der Waals surface area contributed by atoms with Crippen LogP contribution in [0.2, 0.25) is 0 Å². The number of rotatable bonds is 8. The Morgan fingerprint density at radius 1 is 0.500 bits per heavy atom. The summed E-state index contributed by atoms with van der Waals surface area (Å²) >= 11 is 0. The van der Waals surface area contributed by atoms with Crippen LogP contribution in [0.5, 0.6) is 0 Å². The SMILES string of the molecule is CCCCN1/C(=C/C=C2C(=O)OC3(CCC4(CC3)OC(=O)C(=C/C=C3/N(CCCC)c5ccc6ccccc6c5C3(C)C)C(=O)O4)OC2=O)C(C)(C)c2c1ccc1ccccc21. The minimum atomic E-state index is -1.58. The van der Waals surface area contributed by atoms with Gasteiger partial charge in [-0.2, -0.15) is 0 Å². The van der Waals surface area contributed by atoms with Crippen molar-refractivity contribution in [3.05, 3.63) is 131 Å². The van der Waals surface area contributed by atoms with Crippen molar-refractivity contribution < 1.29 is 38.1 Å². The second-order valence-electron chi connectivity index (χ2n) is 18.3. The summed E-state index contributed by atoms with van der Waals surface area (Å²) in [4.78, 5) is 59.1. The summed E-state index contributed by atoms with van der Waals surface area (Å²) in [7, 11) is 0. The molecule has 0 radical (unpaired) electrons. The fourth-order valence-corrected chi connectivity index (χ4v) is 10.3. The van der Waals surface area contributed by atoms with E-state index < -0.39 is 46.3 Å². The molecule has 5 aliphatic rings. The van der Waals surface area contributed by atoms with Crippen LogP contribution in [-0.2, 0) is 49.0 Å². The van der Waals surface area contributed by atoms with Gasteiger partial charge in [-0.15, -0.1) is 0 Å². The number of ether oxygens (including phenoxy) is 4. The molecule has 4 aliphatic heterocycles. The Hall–Kier alpha value is -6.16. The average molecular weight is 835 g/mol. The van der Waals surface area contributed by atoms with Crippen molar-refractivity contribution in [2.75, 3.05) is 22.9 Å². The maximum absolute atomic E-state index is 13.6. The number of allylic oxidation sites excluding steroid dienone is 6. The smallest absolute Gasteiger partial charge is 0.348 e. The molecule has 0 aromatic heterocycles. The molecule has 0 N–H and O–H groups in total. The molecule has 0 amide bonds. The van der Waals surface area contributed by atoms with Crippen LogP contribution < -0.4 is 9.80 Å². The van der Waals surface area contributed by atoms with Gasteiger partial charge in [-0.05, 0) is 82.0 Å². The maximum atomic E-state index is 13.6. The van der Waals surface area contributed by atoms with E-state index in [1.807, 2.05) is 36.4 Å². The molecule has 320 valence electrons. The predicted octanol–water partition coefficient (Wildman–Crippen LogP) is 10.3. The van der Waals surface area contributed by atoms with Gasteiger partial charge in [-0.3, -0.25) is 0 Å². The first-order valence-electron chi connectivity index (χ1n) is 22.1. The van der Waals surface area contributed by atoms with Crippen molar-refractivity contribution in [2.24, 2.45) is 0 Å². The molecule has 0 unspecified atom stereocenters. The zero-order chi connectivity index (χ0) is 43.6. The van der Waals surface area contributed by atoms with Crippen molar-refractivity contribution in [3.8, 4) is 0 Å². The minimum absolute atomic E-state index is 0.0183. The number of unbranched alkanes of at least 4 members (excludes halogenated alkanes) is 2. The fourth-order valence-electron chi connectivity index (χ4n) is 10.3. The van der Waals surface area contributed by atoms with E-state index in [1.54, 1.807) is 0 Å². The number of carbonyl (C=O) groups is 4. The topological polar surface area (TPSA) is 112 Å². The maximum Gasteiger partial charge on any atom is 0.348 e. The molecule has 2 spiro atoms. The second kappa shape index (κ2) is 15.3.